The fraction of sp³-hybridized carbons (Fsp3) is 0.692. The summed E-state index contributed by atoms with van der Waals surface area (Å²) in [6, 6.07) is 10.6. The van der Waals surface area contributed by atoms with E-state index in [2.05, 4.69) is 40.7 Å². The molecule has 2 N–H and O–H groups in total. The quantitative estimate of drug-likeness (QED) is 0.741. The standard InChI is InChI=1S/C26H37N3/c1-2-26-14-8-15-28-16-13-20-19-11-6-7-12-21(19)29(24(20)25(26)28)22(17-26)23(27)18-9-4-3-5-10-18/h6-7,11-12,18,22-23,25H,2-5,8-10,13-17,27H2,1H3/t22?,23?,25-,26+/m1/s1. The van der Waals surface area contributed by atoms with E-state index in [0.717, 1.165) is 0 Å². The highest BCUT2D eigenvalue weighted by atomic mass is 15.2. The average molecular weight is 392 g/mol. The highest BCUT2D eigenvalue weighted by molar-refractivity contribution is 5.86. The molecule has 0 amide bonds. The highest BCUT2D eigenvalue weighted by Gasteiger charge is 2.54. The molecule has 29 heavy (non-hydrogen) atoms. The molecule has 0 bridgehead atoms. The molecule has 1 aromatic carbocycles. The lowest BCUT2D eigenvalue weighted by Crippen LogP contribution is -2.55. The second-order valence-electron chi connectivity index (χ2n) is 10.5. The van der Waals surface area contributed by atoms with Gasteiger partial charge in [0.05, 0.1) is 6.04 Å². The number of para-hydroxylation sites is 1. The van der Waals surface area contributed by atoms with Gasteiger partial charge in [0.15, 0.2) is 0 Å². The van der Waals surface area contributed by atoms with Crippen molar-refractivity contribution in [3.05, 3.63) is 35.5 Å². The largest absolute Gasteiger partial charge is 0.338 e. The lowest BCUT2D eigenvalue weighted by molar-refractivity contribution is -0.0418. The van der Waals surface area contributed by atoms with Crippen LogP contribution in [-0.2, 0) is 6.42 Å². The number of hydrogen-bond acceptors (Lipinski definition) is 2. The van der Waals surface area contributed by atoms with Gasteiger partial charge in [-0.05, 0) is 74.5 Å². The van der Waals surface area contributed by atoms with Gasteiger partial charge in [-0.25, -0.2) is 0 Å². The molecule has 2 unspecified atom stereocenters. The Kier molecular flexibility index (Phi) is 4.36. The fourth-order valence-electron chi connectivity index (χ4n) is 7.89. The maximum absolute atomic E-state index is 7.19. The summed E-state index contributed by atoms with van der Waals surface area (Å²) in [4.78, 5) is 2.84. The van der Waals surface area contributed by atoms with Gasteiger partial charge in [0.1, 0.15) is 0 Å². The Morgan fingerprint density at radius 1 is 1.10 bits per heavy atom. The molecule has 4 atom stereocenters. The highest BCUT2D eigenvalue weighted by Crippen LogP contribution is 2.60. The number of fused-ring (bicyclic) bond motifs is 3. The lowest BCUT2D eigenvalue weighted by Gasteiger charge is -2.58. The van der Waals surface area contributed by atoms with Crippen LogP contribution in [0.25, 0.3) is 10.9 Å². The lowest BCUT2D eigenvalue weighted by atomic mass is 9.61. The Morgan fingerprint density at radius 2 is 1.93 bits per heavy atom. The van der Waals surface area contributed by atoms with Gasteiger partial charge in [0.2, 0.25) is 0 Å². The third-order valence-electron chi connectivity index (χ3n) is 9.32. The van der Waals surface area contributed by atoms with E-state index < -0.39 is 0 Å². The molecule has 3 aliphatic heterocycles. The molecule has 3 heteroatoms. The summed E-state index contributed by atoms with van der Waals surface area (Å²) < 4.78 is 2.78. The van der Waals surface area contributed by atoms with Gasteiger partial charge in [-0.2, -0.15) is 0 Å². The minimum atomic E-state index is 0.303. The van der Waals surface area contributed by atoms with E-state index in [1.54, 1.807) is 11.3 Å². The second-order valence-corrected chi connectivity index (χ2v) is 10.5. The molecule has 0 radical (unpaired) electrons. The summed E-state index contributed by atoms with van der Waals surface area (Å²) in [5, 5.41) is 1.51. The van der Waals surface area contributed by atoms with Gasteiger partial charge in [0, 0.05) is 35.2 Å². The fourth-order valence-corrected chi connectivity index (χ4v) is 7.89. The van der Waals surface area contributed by atoms with Gasteiger partial charge in [-0.3, -0.25) is 4.90 Å². The number of benzene rings is 1. The monoisotopic (exact) mass is 391 g/mol. The zero-order valence-electron chi connectivity index (χ0n) is 18.1. The van der Waals surface area contributed by atoms with Crippen LogP contribution >= 0.6 is 0 Å². The first-order chi connectivity index (χ1) is 14.2. The first-order valence-corrected chi connectivity index (χ1v) is 12.3. The van der Waals surface area contributed by atoms with Crippen LogP contribution < -0.4 is 5.73 Å². The van der Waals surface area contributed by atoms with E-state index >= 15 is 0 Å². The van der Waals surface area contributed by atoms with Gasteiger partial charge in [-0.1, -0.05) is 44.4 Å². The third-order valence-corrected chi connectivity index (χ3v) is 9.32. The molecule has 4 aliphatic rings. The molecular weight excluding hydrogens is 354 g/mol. The first kappa shape index (κ1) is 18.4. The van der Waals surface area contributed by atoms with Crippen molar-refractivity contribution in [2.24, 2.45) is 17.1 Å². The SMILES string of the molecule is CC[C@]12CCCN3CCc4c(n(c5ccccc45)C(C(N)C4CCCCC4)C1)[C@@H]32. The summed E-state index contributed by atoms with van der Waals surface area (Å²) in [5.74, 6) is 0.708. The zero-order valence-corrected chi connectivity index (χ0v) is 18.1. The Hall–Kier alpha value is -1.32. The van der Waals surface area contributed by atoms with Crippen molar-refractivity contribution >= 4 is 10.9 Å². The molecule has 6 rings (SSSR count). The van der Waals surface area contributed by atoms with Gasteiger partial charge >= 0.3 is 0 Å². The Labute approximate surface area is 175 Å². The number of piperidine rings is 1. The summed E-state index contributed by atoms with van der Waals surface area (Å²) in [5.41, 5.74) is 12.4. The first-order valence-electron chi connectivity index (χ1n) is 12.3. The summed E-state index contributed by atoms with van der Waals surface area (Å²) in [6.07, 6.45) is 13.4. The summed E-state index contributed by atoms with van der Waals surface area (Å²) >= 11 is 0. The van der Waals surface area contributed by atoms with Crippen LogP contribution in [0, 0.1) is 11.3 Å². The van der Waals surface area contributed by atoms with Crippen molar-refractivity contribution in [3.63, 3.8) is 0 Å². The van der Waals surface area contributed by atoms with Crippen molar-refractivity contribution in [2.75, 3.05) is 13.1 Å². The molecule has 1 saturated heterocycles. The molecular formula is C26H37N3. The summed E-state index contributed by atoms with van der Waals surface area (Å²) in [7, 11) is 0. The molecule has 1 aliphatic carbocycles. The smallest absolute Gasteiger partial charge is 0.0561 e. The average Bonchev–Trinajstić information content (AvgIpc) is 3.13. The van der Waals surface area contributed by atoms with E-state index in [9.17, 15) is 0 Å². The molecule has 0 spiro atoms. The molecule has 4 heterocycles. The molecule has 2 fully saturated rings. The molecule has 156 valence electrons. The van der Waals surface area contributed by atoms with Crippen LogP contribution in [0.2, 0.25) is 0 Å². The van der Waals surface area contributed by atoms with Crippen LogP contribution in [0.15, 0.2) is 24.3 Å². The van der Waals surface area contributed by atoms with Gasteiger partial charge < -0.3 is 10.3 Å². The van der Waals surface area contributed by atoms with Crippen molar-refractivity contribution in [1.29, 1.82) is 0 Å². The van der Waals surface area contributed by atoms with Crippen LogP contribution in [-0.4, -0.2) is 28.6 Å². The number of hydrogen-bond donors (Lipinski definition) is 1. The third kappa shape index (κ3) is 2.56. The Balaban J connectivity index is 1.56. The van der Waals surface area contributed by atoms with Crippen molar-refractivity contribution in [2.45, 2.75) is 89.3 Å². The Morgan fingerprint density at radius 3 is 2.76 bits per heavy atom. The topological polar surface area (TPSA) is 34.2 Å². The minimum absolute atomic E-state index is 0.303. The zero-order chi connectivity index (χ0) is 19.6. The van der Waals surface area contributed by atoms with Crippen LogP contribution in [0.4, 0.5) is 0 Å². The predicted molar refractivity (Wildman–Crippen MR) is 120 cm³/mol. The number of rotatable bonds is 3. The second kappa shape index (κ2) is 6.85. The van der Waals surface area contributed by atoms with E-state index in [1.165, 1.54) is 88.2 Å². The molecule has 1 aromatic heterocycles. The molecule has 2 aromatic rings. The number of aromatic nitrogens is 1. The van der Waals surface area contributed by atoms with Crippen molar-refractivity contribution in [3.8, 4) is 0 Å². The molecule has 1 saturated carbocycles. The normalized spacial score (nSPS) is 33.6. The summed E-state index contributed by atoms with van der Waals surface area (Å²) in [6.45, 7) is 4.98. The molecule has 3 nitrogen and oxygen atoms in total. The van der Waals surface area contributed by atoms with Gasteiger partial charge in [-0.15, -0.1) is 0 Å². The number of nitrogens with zero attached hydrogens (tertiary/aromatic N) is 2. The minimum Gasteiger partial charge on any atom is -0.338 e. The maximum atomic E-state index is 7.19. The van der Waals surface area contributed by atoms with E-state index in [0.29, 0.717) is 29.5 Å². The van der Waals surface area contributed by atoms with E-state index in [1.807, 2.05) is 0 Å². The van der Waals surface area contributed by atoms with Crippen molar-refractivity contribution < 1.29 is 0 Å². The maximum Gasteiger partial charge on any atom is 0.0561 e. The van der Waals surface area contributed by atoms with E-state index in [-0.39, 0.29) is 0 Å². The Bertz CT molecular complexity index is 908. The number of nitrogens with two attached hydrogens (primary N) is 1. The van der Waals surface area contributed by atoms with E-state index in [4.69, 9.17) is 5.73 Å². The van der Waals surface area contributed by atoms with Gasteiger partial charge in [0.25, 0.3) is 0 Å². The van der Waals surface area contributed by atoms with Crippen molar-refractivity contribution in [1.82, 2.24) is 9.47 Å². The van der Waals surface area contributed by atoms with Crippen LogP contribution in [0.5, 0.6) is 0 Å². The van der Waals surface area contributed by atoms with Crippen LogP contribution in [0.3, 0.4) is 0 Å². The predicted octanol–water partition coefficient (Wildman–Crippen LogP) is 5.58. The van der Waals surface area contributed by atoms with Crippen LogP contribution in [0.1, 0.15) is 88.1 Å².